The zero-order valence-electron chi connectivity index (χ0n) is 20.1. The highest BCUT2D eigenvalue weighted by Gasteiger charge is 2.35. The van der Waals surface area contributed by atoms with Gasteiger partial charge in [0.15, 0.2) is 0 Å². The summed E-state index contributed by atoms with van der Waals surface area (Å²) in [5.74, 6) is -1.70. The molecule has 0 unspecified atom stereocenters. The van der Waals surface area contributed by atoms with Crippen molar-refractivity contribution in [3.05, 3.63) is 88.7 Å². The van der Waals surface area contributed by atoms with Gasteiger partial charge in [-0.05, 0) is 72.5 Å². The van der Waals surface area contributed by atoms with Gasteiger partial charge in [-0.3, -0.25) is 9.10 Å². The first-order valence-electron chi connectivity index (χ1n) is 11.5. The third-order valence-corrected chi connectivity index (χ3v) is 7.72. The number of ether oxygens (including phenoxy) is 1. The molecule has 1 atom stereocenters. The van der Waals surface area contributed by atoms with Crippen LogP contribution in [0.2, 0.25) is 0 Å². The Kier molecular flexibility index (Phi) is 7.50. The molecular weight excluding hydrogens is 526 g/mol. The molecule has 0 radical (unpaired) electrons. The maximum Gasteiger partial charge on any atom is 0.416 e. The fourth-order valence-corrected chi connectivity index (χ4v) is 5.72. The summed E-state index contributed by atoms with van der Waals surface area (Å²) in [6, 6.07) is 12.9. The van der Waals surface area contributed by atoms with Crippen molar-refractivity contribution < 1.29 is 40.6 Å². The molecule has 6 nitrogen and oxygen atoms in total. The molecule has 1 aliphatic rings. The number of aliphatic carboxylic acids is 1. The Bertz CT molecular complexity index is 1500. The van der Waals surface area contributed by atoms with Crippen molar-refractivity contribution in [1.29, 1.82) is 0 Å². The van der Waals surface area contributed by atoms with Gasteiger partial charge in [0.25, 0.3) is 10.0 Å². The van der Waals surface area contributed by atoms with Crippen molar-refractivity contribution in [2.24, 2.45) is 0 Å². The Hall–Kier alpha value is -3.86. The Labute approximate surface area is 216 Å². The molecule has 0 bridgehead atoms. The number of sulfonamides is 1. The van der Waals surface area contributed by atoms with Crippen LogP contribution in [0, 0.1) is 12.7 Å². The number of hydrogen-bond donors (Lipinski definition) is 1. The number of rotatable bonds is 7. The Morgan fingerprint density at radius 1 is 1.11 bits per heavy atom. The topological polar surface area (TPSA) is 83.9 Å². The van der Waals surface area contributed by atoms with Crippen molar-refractivity contribution >= 4 is 33.8 Å². The predicted molar refractivity (Wildman–Crippen MR) is 134 cm³/mol. The zero-order valence-corrected chi connectivity index (χ0v) is 20.9. The van der Waals surface area contributed by atoms with E-state index in [0.717, 1.165) is 22.5 Å². The highest BCUT2D eigenvalue weighted by Crippen LogP contribution is 2.39. The van der Waals surface area contributed by atoms with Gasteiger partial charge in [0.05, 0.1) is 22.7 Å². The van der Waals surface area contributed by atoms with Crippen LogP contribution in [0.5, 0.6) is 5.75 Å². The summed E-state index contributed by atoms with van der Waals surface area (Å²) in [5.41, 5.74) is -0.186. The first kappa shape index (κ1) is 27.2. The lowest BCUT2D eigenvalue weighted by Gasteiger charge is -2.35. The molecule has 38 heavy (non-hydrogen) atoms. The largest absolute Gasteiger partial charge is 0.486 e. The lowest BCUT2D eigenvalue weighted by atomic mass is 10.0. The van der Waals surface area contributed by atoms with E-state index in [9.17, 15) is 30.8 Å². The second-order valence-electron chi connectivity index (χ2n) is 8.81. The quantitative estimate of drug-likeness (QED) is 0.283. The van der Waals surface area contributed by atoms with Crippen LogP contribution >= 0.6 is 0 Å². The van der Waals surface area contributed by atoms with Gasteiger partial charge in [0, 0.05) is 6.42 Å². The van der Waals surface area contributed by atoms with Crippen molar-refractivity contribution in [1.82, 2.24) is 0 Å². The number of carboxylic acids is 1. The molecule has 0 fully saturated rings. The van der Waals surface area contributed by atoms with Crippen LogP contribution < -0.4 is 9.04 Å². The van der Waals surface area contributed by atoms with Crippen molar-refractivity contribution in [2.75, 3.05) is 10.8 Å². The summed E-state index contributed by atoms with van der Waals surface area (Å²) in [5, 5.41) is 9.06. The van der Waals surface area contributed by atoms with E-state index in [1.165, 1.54) is 36.4 Å². The predicted octanol–water partition coefficient (Wildman–Crippen LogP) is 6.14. The second-order valence-corrected chi connectivity index (χ2v) is 10.7. The fourth-order valence-electron chi connectivity index (χ4n) is 4.11. The molecule has 0 aromatic heterocycles. The van der Waals surface area contributed by atoms with Crippen LogP contribution in [-0.4, -0.2) is 32.1 Å². The number of anilines is 1. The smallest absolute Gasteiger partial charge is 0.416 e. The number of hydrogen-bond acceptors (Lipinski definition) is 4. The van der Waals surface area contributed by atoms with Gasteiger partial charge in [-0.1, -0.05) is 30.4 Å². The Morgan fingerprint density at radius 2 is 1.87 bits per heavy atom. The molecule has 0 saturated carbocycles. The maximum absolute atomic E-state index is 13.7. The second kappa shape index (κ2) is 10.5. The number of nitrogens with zero attached hydrogens (tertiary/aromatic N) is 1. The van der Waals surface area contributed by atoms with E-state index in [0.29, 0.717) is 17.2 Å². The molecule has 1 N–H and O–H groups in total. The SMILES string of the molecule is Cc1cccc(S(=O)(=O)N2C[C@H](CCC(=O)O)Oc3ccc(/C=C/c4cc(F)ccc4C(F)(F)F)cc32)c1. The van der Waals surface area contributed by atoms with Crippen LogP contribution in [0.4, 0.5) is 23.2 Å². The molecule has 3 aromatic rings. The average Bonchev–Trinajstić information content (AvgIpc) is 2.85. The molecule has 200 valence electrons. The van der Waals surface area contributed by atoms with Crippen LogP contribution in [0.25, 0.3) is 12.2 Å². The van der Waals surface area contributed by atoms with E-state index >= 15 is 0 Å². The van der Waals surface area contributed by atoms with E-state index in [1.54, 1.807) is 19.1 Å². The van der Waals surface area contributed by atoms with Gasteiger partial charge in [0.1, 0.15) is 17.7 Å². The van der Waals surface area contributed by atoms with Crippen molar-refractivity contribution in [3.8, 4) is 5.75 Å². The van der Waals surface area contributed by atoms with Crippen LogP contribution in [-0.2, 0) is 21.0 Å². The molecule has 1 heterocycles. The van der Waals surface area contributed by atoms with E-state index in [-0.39, 0.29) is 41.3 Å². The van der Waals surface area contributed by atoms with Gasteiger partial charge in [-0.2, -0.15) is 13.2 Å². The summed E-state index contributed by atoms with van der Waals surface area (Å²) in [7, 11) is -4.10. The first-order valence-corrected chi connectivity index (χ1v) is 13.0. The standard InChI is InChI=1S/C27H23F4NO5S/c1-17-3-2-4-22(13-17)38(35,36)32-16-21(9-12-26(33)34)37-25-11-6-18(14-24(25)32)5-7-19-15-20(28)8-10-23(19)27(29,30)31/h2-8,10-11,13-15,21H,9,12,16H2,1H3,(H,33,34)/b7-5+/t21-/m0/s1. The van der Waals surface area contributed by atoms with E-state index in [2.05, 4.69) is 0 Å². The van der Waals surface area contributed by atoms with E-state index < -0.39 is 39.7 Å². The Balaban J connectivity index is 1.75. The zero-order chi connectivity index (χ0) is 27.7. The van der Waals surface area contributed by atoms with Crippen LogP contribution in [0.1, 0.15) is 35.1 Å². The van der Waals surface area contributed by atoms with Crippen molar-refractivity contribution in [3.63, 3.8) is 0 Å². The molecule has 0 saturated heterocycles. The van der Waals surface area contributed by atoms with Crippen molar-refractivity contribution in [2.45, 2.75) is 36.9 Å². The summed E-state index contributed by atoms with van der Waals surface area (Å²) in [6.07, 6.45) is -3.17. The van der Waals surface area contributed by atoms with E-state index in [4.69, 9.17) is 9.84 Å². The monoisotopic (exact) mass is 549 g/mol. The minimum absolute atomic E-state index is 0.0258. The molecule has 0 amide bonds. The highest BCUT2D eigenvalue weighted by atomic mass is 32.2. The van der Waals surface area contributed by atoms with Crippen LogP contribution in [0.15, 0.2) is 65.6 Å². The molecule has 1 aliphatic heterocycles. The molecule has 3 aromatic carbocycles. The highest BCUT2D eigenvalue weighted by molar-refractivity contribution is 7.92. The number of alkyl halides is 3. The number of fused-ring (bicyclic) bond motifs is 1. The number of carbonyl (C=O) groups is 1. The number of carboxylic acid groups (broad SMARTS) is 1. The van der Waals surface area contributed by atoms with E-state index in [1.807, 2.05) is 0 Å². The van der Waals surface area contributed by atoms with Gasteiger partial charge in [-0.25, -0.2) is 12.8 Å². The maximum atomic E-state index is 13.7. The minimum atomic E-state index is -4.69. The molecule has 4 rings (SSSR count). The molecule has 0 aliphatic carbocycles. The fraction of sp³-hybridized carbons (Fsp3) is 0.222. The third kappa shape index (κ3) is 5.99. The van der Waals surface area contributed by atoms with Gasteiger partial charge >= 0.3 is 12.1 Å². The summed E-state index contributed by atoms with van der Waals surface area (Å²) < 4.78 is 88.1. The van der Waals surface area contributed by atoms with Gasteiger partial charge in [-0.15, -0.1) is 0 Å². The first-order chi connectivity index (χ1) is 17.8. The summed E-state index contributed by atoms with van der Waals surface area (Å²) >= 11 is 0. The Morgan fingerprint density at radius 3 is 2.55 bits per heavy atom. The summed E-state index contributed by atoms with van der Waals surface area (Å²) in [4.78, 5) is 11.1. The number of halogens is 4. The summed E-state index contributed by atoms with van der Waals surface area (Å²) in [6.45, 7) is 1.58. The number of aryl methyl sites for hydroxylation is 1. The minimum Gasteiger partial charge on any atom is -0.486 e. The molecule has 0 spiro atoms. The average molecular weight is 550 g/mol. The third-order valence-electron chi connectivity index (χ3n) is 5.95. The lowest BCUT2D eigenvalue weighted by molar-refractivity contribution is -0.138. The normalized spacial score (nSPS) is 15.8. The molecular formula is C27H23F4NO5S. The lowest BCUT2D eigenvalue weighted by Crippen LogP contribution is -2.43. The van der Waals surface area contributed by atoms with Gasteiger partial charge in [0.2, 0.25) is 0 Å². The van der Waals surface area contributed by atoms with Crippen LogP contribution in [0.3, 0.4) is 0 Å². The molecule has 11 heteroatoms. The van der Waals surface area contributed by atoms with Gasteiger partial charge < -0.3 is 9.84 Å². The number of benzene rings is 3.